The molecule has 0 bridgehead atoms. The van der Waals surface area contributed by atoms with Gasteiger partial charge in [0, 0.05) is 6.92 Å². The molecular formula is C12H21NO4. The smallest absolute Gasteiger partial charge is 0.322 e. The van der Waals surface area contributed by atoms with Crippen LogP contribution in [-0.2, 0) is 19.2 Å². The third-order valence-electron chi connectivity index (χ3n) is 3.34. The molecule has 0 amide bonds. The Bertz CT molecular complexity index is 335. The fourth-order valence-electron chi connectivity index (χ4n) is 2.64. The summed E-state index contributed by atoms with van der Waals surface area (Å²) in [6.45, 7) is 9.01. The molecule has 0 radical (unpaired) electrons. The van der Waals surface area contributed by atoms with Crippen LogP contribution in [0.25, 0.3) is 0 Å². The fraction of sp³-hybridized carbons (Fsp3) is 0.833. The van der Waals surface area contributed by atoms with Gasteiger partial charge in [-0.05, 0) is 34.1 Å². The van der Waals surface area contributed by atoms with Crippen LogP contribution in [0.2, 0.25) is 0 Å². The predicted molar refractivity (Wildman–Crippen MR) is 61.9 cm³/mol. The molecule has 1 rings (SSSR count). The zero-order chi connectivity index (χ0) is 13.4. The second-order valence-electron chi connectivity index (χ2n) is 5.62. The Morgan fingerprint density at radius 3 is 2.18 bits per heavy atom. The molecule has 0 N–H and O–H groups in total. The summed E-state index contributed by atoms with van der Waals surface area (Å²) in [5, 5.41) is 1.62. The minimum absolute atomic E-state index is 0.266. The Balaban J connectivity index is 3.04. The number of hydroxylamine groups is 2. The number of nitrogens with zero attached hydrogens (tertiary/aromatic N) is 1. The summed E-state index contributed by atoms with van der Waals surface area (Å²) in [6.07, 6.45) is 0.597. The van der Waals surface area contributed by atoms with Crippen LogP contribution in [0.3, 0.4) is 0 Å². The number of carbonyl (C=O) groups excluding carboxylic acids is 2. The summed E-state index contributed by atoms with van der Waals surface area (Å²) in [5.41, 5.74) is -0.948. The van der Waals surface area contributed by atoms with Crippen molar-refractivity contribution in [1.82, 2.24) is 5.06 Å². The van der Waals surface area contributed by atoms with Crippen molar-refractivity contribution in [2.75, 3.05) is 7.11 Å². The molecule has 1 unspecified atom stereocenters. The normalized spacial score (nSPS) is 26.6. The molecule has 0 aromatic rings. The number of esters is 1. The van der Waals surface area contributed by atoms with Crippen molar-refractivity contribution in [2.45, 2.75) is 52.1 Å². The van der Waals surface area contributed by atoms with E-state index in [0.717, 1.165) is 0 Å². The quantitative estimate of drug-likeness (QED) is 0.688. The van der Waals surface area contributed by atoms with Crippen LogP contribution in [0, 0.1) is 5.92 Å². The van der Waals surface area contributed by atoms with E-state index in [4.69, 9.17) is 9.57 Å². The van der Waals surface area contributed by atoms with Crippen molar-refractivity contribution >= 4 is 11.9 Å². The summed E-state index contributed by atoms with van der Waals surface area (Å²) in [6, 6.07) is 0. The number of carbonyl (C=O) groups is 2. The lowest BCUT2D eigenvalue weighted by Gasteiger charge is -2.38. The summed E-state index contributed by atoms with van der Waals surface area (Å²) < 4.78 is 4.81. The topological polar surface area (TPSA) is 55.8 Å². The SMILES string of the molecule is COC(=O)C1CC(C)(C)N(OC(C)=O)C1(C)C. The maximum absolute atomic E-state index is 11.8. The van der Waals surface area contributed by atoms with Gasteiger partial charge < -0.3 is 9.57 Å². The van der Waals surface area contributed by atoms with E-state index < -0.39 is 5.54 Å². The summed E-state index contributed by atoms with van der Waals surface area (Å²) >= 11 is 0. The van der Waals surface area contributed by atoms with Crippen molar-refractivity contribution in [3.63, 3.8) is 0 Å². The van der Waals surface area contributed by atoms with E-state index in [2.05, 4.69) is 0 Å². The summed E-state index contributed by atoms with van der Waals surface area (Å²) in [5.74, 6) is -0.948. The molecule has 1 heterocycles. The zero-order valence-corrected chi connectivity index (χ0v) is 11.4. The van der Waals surface area contributed by atoms with Gasteiger partial charge in [-0.15, -0.1) is 5.06 Å². The van der Waals surface area contributed by atoms with Gasteiger partial charge in [-0.3, -0.25) is 9.59 Å². The molecule has 5 nitrogen and oxygen atoms in total. The molecular weight excluding hydrogens is 222 g/mol. The van der Waals surface area contributed by atoms with Gasteiger partial charge in [0.15, 0.2) is 0 Å². The molecule has 98 valence electrons. The molecule has 0 spiro atoms. The van der Waals surface area contributed by atoms with Crippen molar-refractivity contribution in [3.05, 3.63) is 0 Å². The van der Waals surface area contributed by atoms with Gasteiger partial charge in [0.2, 0.25) is 0 Å². The summed E-state index contributed by atoms with van der Waals surface area (Å²) in [7, 11) is 1.37. The van der Waals surface area contributed by atoms with E-state index in [1.807, 2.05) is 27.7 Å². The first kappa shape index (κ1) is 14.0. The highest BCUT2D eigenvalue weighted by Gasteiger charge is 2.57. The predicted octanol–water partition coefficient (Wildman–Crippen LogP) is 1.52. The van der Waals surface area contributed by atoms with Gasteiger partial charge in [-0.25, -0.2) is 0 Å². The van der Waals surface area contributed by atoms with Crippen LogP contribution in [0.5, 0.6) is 0 Å². The van der Waals surface area contributed by atoms with E-state index >= 15 is 0 Å². The molecule has 1 fully saturated rings. The minimum Gasteiger partial charge on any atom is -0.469 e. The third-order valence-corrected chi connectivity index (χ3v) is 3.34. The number of hydrogen-bond acceptors (Lipinski definition) is 5. The highest BCUT2D eigenvalue weighted by Crippen LogP contribution is 2.45. The minimum atomic E-state index is -0.567. The number of ether oxygens (including phenoxy) is 1. The first-order valence-electron chi connectivity index (χ1n) is 5.69. The Hall–Kier alpha value is -1.10. The van der Waals surface area contributed by atoms with Crippen molar-refractivity contribution in [3.8, 4) is 0 Å². The van der Waals surface area contributed by atoms with E-state index in [9.17, 15) is 9.59 Å². The Kier molecular flexibility index (Phi) is 3.52. The van der Waals surface area contributed by atoms with Crippen LogP contribution in [0.15, 0.2) is 0 Å². The van der Waals surface area contributed by atoms with E-state index in [-0.39, 0.29) is 23.4 Å². The van der Waals surface area contributed by atoms with Gasteiger partial charge in [0.25, 0.3) is 0 Å². The third kappa shape index (κ3) is 2.44. The van der Waals surface area contributed by atoms with Crippen LogP contribution in [-0.4, -0.2) is 35.2 Å². The van der Waals surface area contributed by atoms with Crippen molar-refractivity contribution in [1.29, 1.82) is 0 Å². The van der Waals surface area contributed by atoms with Crippen LogP contribution in [0.4, 0.5) is 0 Å². The average molecular weight is 243 g/mol. The van der Waals surface area contributed by atoms with Crippen LogP contribution < -0.4 is 0 Å². The zero-order valence-electron chi connectivity index (χ0n) is 11.4. The molecule has 1 atom stereocenters. The van der Waals surface area contributed by atoms with Gasteiger partial charge >= 0.3 is 11.9 Å². The first-order chi connectivity index (χ1) is 7.63. The van der Waals surface area contributed by atoms with Crippen LogP contribution in [0.1, 0.15) is 41.0 Å². The maximum atomic E-state index is 11.8. The first-order valence-corrected chi connectivity index (χ1v) is 5.69. The number of rotatable bonds is 2. The van der Waals surface area contributed by atoms with Gasteiger partial charge in [-0.2, -0.15) is 0 Å². The van der Waals surface area contributed by atoms with E-state index in [1.54, 1.807) is 5.06 Å². The molecule has 17 heavy (non-hydrogen) atoms. The second-order valence-corrected chi connectivity index (χ2v) is 5.62. The molecule has 0 aromatic heterocycles. The Morgan fingerprint density at radius 1 is 1.24 bits per heavy atom. The standard InChI is InChI=1S/C12H21NO4/c1-8(14)17-13-11(2,3)7-9(10(15)16-6)12(13,4)5/h9H,7H2,1-6H3. The fourth-order valence-corrected chi connectivity index (χ4v) is 2.64. The van der Waals surface area contributed by atoms with Gasteiger partial charge in [0.05, 0.1) is 24.1 Å². The van der Waals surface area contributed by atoms with Gasteiger partial charge in [0.1, 0.15) is 0 Å². The lowest BCUT2D eigenvalue weighted by molar-refractivity contribution is -0.235. The molecule has 0 aromatic carbocycles. The monoisotopic (exact) mass is 243 g/mol. The largest absolute Gasteiger partial charge is 0.469 e. The average Bonchev–Trinajstić information content (AvgIpc) is 2.36. The Labute approximate surface area is 102 Å². The van der Waals surface area contributed by atoms with Crippen molar-refractivity contribution < 1.29 is 19.2 Å². The van der Waals surface area contributed by atoms with Crippen LogP contribution >= 0.6 is 0 Å². The highest BCUT2D eigenvalue weighted by molar-refractivity contribution is 5.75. The van der Waals surface area contributed by atoms with E-state index in [0.29, 0.717) is 6.42 Å². The van der Waals surface area contributed by atoms with E-state index in [1.165, 1.54) is 14.0 Å². The van der Waals surface area contributed by atoms with Crippen molar-refractivity contribution in [2.24, 2.45) is 5.92 Å². The maximum Gasteiger partial charge on any atom is 0.322 e. The molecule has 1 aliphatic heterocycles. The molecule has 0 saturated carbocycles. The molecule has 1 aliphatic rings. The molecule has 1 saturated heterocycles. The summed E-state index contributed by atoms with van der Waals surface area (Å²) in [4.78, 5) is 28.2. The van der Waals surface area contributed by atoms with Gasteiger partial charge in [-0.1, -0.05) is 0 Å². The molecule has 5 heteroatoms. The second kappa shape index (κ2) is 4.29. The Morgan fingerprint density at radius 2 is 1.76 bits per heavy atom. The number of methoxy groups -OCH3 is 1. The lowest BCUT2D eigenvalue weighted by Crippen LogP contribution is -2.51. The lowest BCUT2D eigenvalue weighted by atomic mass is 9.87. The number of hydrogen-bond donors (Lipinski definition) is 0. The molecule has 0 aliphatic carbocycles. The highest BCUT2D eigenvalue weighted by atomic mass is 16.7.